The van der Waals surface area contributed by atoms with Gasteiger partial charge in [0.05, 0.1) is 17.1 Å². The van der Waals surface area contributed by atoms with Gasteiger partial charge in [0, 0.05) is 16.4 Å². The predicted octanol–water partition coefficient (Wildman–Crippen LogP) is 3.04. The number of hydrogen-bond donors (Lipinski definition) is 4. The van der Waals surface area contributed by atoms with Crippen LogP contribution in [0.3, 0.4) is 0 Å². The van der Waals surface area contributed by atoms with E-state index in [0.29, 0.717) is 24.3 Å². The summed E-state index contributed by atoms with van der Waals surface area (Å²) in [7, 11) is -1.50. The van der Waals surface area contributed by atoms with Crippen molar-refractivity contribution in [2.75, 3.05) is 6.54 Å². The normalized spacial score (nSPS) is 16.7. The van der Waals surface area contributed by atoms with Gasteiger partial charge in [-0.05, 0) is 43.4 Å². The van der Waals surface area contributed by atoms with E-state index in [4.69, 9.17) is 23.2 Å². The maximum atomic E-state index is 12.5. The highest BCUT2D eigenvalue weighted by Crippen LogP contribution is 2.50. The van der Waals surface area contributed by atoms with E-state index in [1.807, 2.05) is 13.8 Å². The van der Waals surface area contributed by atoms with E-state index < -0.39 is 18.3 Å². The topological polar surface area (TPSA) is 98.7 Å². The molecular weight excluding hydrogens is 402 g/mol. The largest absolute Gasteiger partial charge is 0.460 e. The average molecular weight is 429 g/mol. The van der Waals surface area contributed by atoms with Crippen LogP contribution in [0.2, 0.25) is 15.4 Å². The Balaban J connectivity index is 2.03. The fourth-order valence-corrected chi connectivity index (χ4v) is 4.28. The third kappa shape index (κ3) is 5.63. The molecule has 0 bridgehead atoms. The number of carbonyl (C=O) groups is 2. The molecule has 1 atom stereocenters. The second-order valence-corrected chi connectivity index (χ2v) is 8.71. The first-order chi connectivity index (χ1) is 13.2. The Morgan fingerprint density at radius 1 is 1.21 bits per heavy atom. The quantitative estimate of drug-likeness (QED) is 0.478. The lowest BCUT2D eigenvalue weighted by molar-refractivity contribution is -0.121. The Hall–Kier alpha value is -1.28. The zero-order valence-corrected chi connectivity index (χ0v) is 17.7. The molecule has 9 heteroatoms. The Morgan fingerprint density at radius 2 is 1.86 bits per heavy atom. The maximum Gasteiger partial charge on any atom is 0.460 e. The molecule has 0 aliphatic heterocycles. The summed E-state index contributed by atoms with van der Waals surface area (Å²) < 4.78 is 0. The summed E-state index contributed by atoms with van der Waals surface area (Å²) in [6, 6.07) is 4.15. The Labute approximate surface area is 176 Å². The van der Waals surface area contributed by atoms with Crippen LogP contribution < -0.4 is 10.6 Å². The van der Waals surface area contributed by atoms with Crippen molar-refractivity contribution in [3.63, 3.8) is 0 Å². The molecule has 2 amide bonds. The van der Waals surface area contributed by atoms with Crippen LogP contribution in [0.4, 0.5) is 0 Å². The van der Waals surface area contributed by atoms with Crippen molar-refractivity contribution in [3.05, 3.63) is 33.8 Å². The lowest BCUT2D eigenvalue weighted by Crippen LogP contribution is -2.52. The van der Waals surface area contributed by atoms with E-state index in [9.17, 15) is 19.6 Å². The van der Waals surface area contributed by atoms with Crippen molar-refractivity contribution >= 4 is 42.1 Å². The van der Waals surface area contributed by atoms with Gasteiger partial charge in [0.15, 0.2) is 0 Å². The van der Waals surface area contributed by atoms with Crippen molar-refractivity contribution in [1.29, 1.82) is 0 Å². The van der Waals surface area contributed by atoms with Crippen LogP contribution in [0.1, 0.15) is 56.3 Å². The first-order valence-electron chi connectivity index (χ1n) is 9.54. The Bertz CT molecular complexity index is 709. The predicted molar refractivity (Wildman–Crippen MR) is 112 cm³/mol. The molecule has 0 spiro atoms. The average Bonchev–Trinajstić information content (AvgIpc) is 3.12. The van der Waals surface area contributed by atoms with Gasteiger partial charge in [-0.15, -0.1) is 0 Å². The van der Waals surface area contributed by atoms with Gasteiger partial charge in [0.1, 0.15) is 0 Å². The highest BCUT2D eigenvalue weighted by Gasteiger charge is 2.50. The minimum atomic E-state index is -1.50. The van der Waals surface area contributed by atoms with Crippen LogP contribution in [0.25, 0.3) is 0 Å². The van der Waals surface area contributed by atoms with Gasteiger partial charge in [-0.2, -0.15) is 0 Å². The standard InChI is InChI=1S/C19H27BCl2N2O4/c1-12(2)9-16(19(20(27)28)7-3-4-8-19)24-17(25)11-23-18(26)14-10-13(21)5-6-15(14)22/h5-6,10,12,16,27-28H,3-4,7-9,11H2,1-2H3,(H,23,26)(H,24,25)/t16-/m0/s1. The van der Waals surface area contributed by atoms with E-state index in [1.165, 1.54) is 12.1 Å². The monoisotopic (exact) mass is 428 g/mol. The summed E-state index contributed by atoms with van der Waals surface area (Å²) in [4.78, 5) is 24.8. The molecule has 1 fully saturated rings. The Morgan fingerprint density at radius 3 is 2.43 bits per heavy atom. The lowest BCUT2D eigenvalue weighted by Gasteiger charge is -2.38. The van der Waals surface area contributed by atoms with Gasteiger partial charge in [0.2, 0.25) is 5.91 Å². The van der Waals surface area contributed by atoms with E-state index in [-0.39, 0.29) is 35.0 Å². The summed E-state index contributed by atoms with van der Waals surface area (Å²) in [6.07, 6.45) is 3.70. The third-order valence-electron chi connectivity index (χ3n) is 5.37. The molecule has 0 heterocycles. The molecule has 1 aliphatic carbocycles. The van der Waals surface area contributed by atoms with Crippen molar-refractivity contribution < 1.29 is 19.6 Å². The summed E-state index contributed by atoms with van der Waals surface area (Å²) in [5.41, 5.74) is 0.193. The number of benzene rings is 1. The van der Waals surface area contributed by atoms with E-state index >= 15 is 0 Å². The summed E-state index contributed by atoms with van der Waals surface area (Å²) in [6.45, 7) is 3.80. The number of rotatable bonds is 8. The van der Waals surface area contributed by atoms with Gasteiger partial charge in [-0.25, -0.2) is 0 Å². The molecule has 1 aromatic carbocycles. The minimum absolute atomic E-state index is 0.193. The molecule has 6 nitrogen and oxygen atoms in total. The summed E-state index contributed by atoms with van der Waals surface area (Å²) >= 11 is 11.9. The fraction of sp³-hybridized carbons (Fsp3) is 0.579. The third-order valence-corrected chi connectivity index (χ3v) is 5.93. The van der Waals surface area contributed by atoms with Gasteiger partial charge in [-0.3, -0.25) is 9.59 Å². The van der Waals surface area contributed by atoms with Crippen molar-refractivity contribution in [1.82, 2.24) is 10.6 Å². The molecule has 28 heavy (non-hydrogen) atoms. The molecule has 0 radical (unpaired) electrons. The summed E-state index contributed by atoms with van der Waals surface area (Å²) in [5, 5.41) is 25.4. The van der Waals surface area contributed by atoms with E-state index in [2.05, 4.69) is 10.6 Å². The number of carbonyl (C=O) groups excluding carboxylic acids is 2. The number of amides is 2. The fourth-order valence-electron chi connectivity index (χ4n) is 3.90. The van der Waals surface area contributed by atoms with E-state index in [1.54, 1.807) is 6.07 Å². The number of hydrogen-bond acceptors (Lipinski definition) is 4. The number of nitrogens with one attached hydrogen (secondary N) is 2. The van der Waals surface area contributed by atoms with Crippen LogP contribution in [0, 0.1) is 5.92 Å². The SMILES string of the molecule is CC(C)C[C@H](NC(=O)CNC(=O)c1cc(Cl)ccc1Cl)C1(B(O)O)CCCC1. The molecule has 0 aromatic heterocycles. The van der Waals surface area contributed by atoms with Crippen LogP contribution in [-0.4, -0.2) is 41.6 Å². The smallest absolute Gasteiger partial charge is 0.427 e. The first-order valence-corrected chi connectivity index (χ1v) is 10.3. The molecule has 1 aromatic rings. The molecule has 1 aliphatic rings. The van der Waals surface area contributed by atoms with E-state index in [0.717, 1.165) is 12.8 Å². The molecule has 1 saturated carbocycles. The highest BCUT2D eigenvalue weighted by molar-refractivity contribution is 6.46. The van der Waals surface area contributed by atoms with Crippen LogP contribution >= 0.6 is 23.2 Å². The molecule has 154 valence electrons. The second kappa shape index (κ2) is 9.97. The lowest BCUT2D eigenvalue weighted by atomic mass is 9.52. The summed E-state index contributed by atoms with van der Waals surface area (Å²) in [5.74, 6) is -0.619. The molecule has 4 N–H and O–H groups in total. The van der Waals surface area contributed by atoms with Gasteiger partial charge in [0.25, 0.3) is 5.91 Å². The van der Waals surface area contributed by atoms with Crippen molar-refractivity contribution in [3.8, 4) is 0 Å². The molecule has 2 rings (SSSR count). The zero-order chi connectivity index (χ0) is 20.9. The molecule has 0 unspecified atom stereocenters. The second-order valence-electron chi connectivity index (χ2n) is 7.87. The maximum absolute atomic E-state index is 12.5. The molecule has 0 saturated heterocycles. The first kappa shape index (κ1) is 23.0. The van der Waals surface area contributed by atoms with Crippen LogP contribution in [0.15, 0.2) is 18.2 Å². The van der Waals surface area contributed by atoms with Crippen LogP contribution in [-0.2, 0) is 4.79 Å². The number of halogens is 2. The van der Waals surface area contributed by atoms with Crippen LogP contribution in [0.5, 0.6) is 0 Å². The molecular formula is C19H27BCl2N2O4. The van der Waals surface area contributed by atoms with Gasteiger partial charge < -0.3 is 20.7 Å². The van der Waals surface area contributed by atoms with Crippen molar-refractivity contribution in [2.45, 2.75) is 57.3 Å². The Kier molecular flexibility index (Phi) is 8.19. The zero-order valence-electron chi connectivity index (χ0n) is 16.2. The minimum Gasteiger partial charge on any atom is -0.427 e. The van der Waals surface area contributed by atoms with Gasteiger partial charge in [-0.1, -0.05) is 49.9 Å². The van der Waals surface area contributed by atoms with Crippen molar-refractivity contribution in [2.24, 2.45) is 5.92 Å². The highest BCUT2D eigenvalue weighted by atomic mass is 35.5. The van der Waals surface area contributed by atoms with Gasteiger partial charge >= 0.3 is 7.12 Å².